The van der Waals surface area contributed by atoms with E-state index in [1.807, 2.05) is 0 Å². The Morgan fingerprint density at radius 1 is 0.889 bits per heavy atom. The summed E-state index contributed by atoms with van der Waals surface area (Å²) in [6, 6.07) is 0. The van der Waals surface area contributed by atoms with Crippen molar-refractivity contribution < 1.29 is 14.2 Å². The van der Waals surface area contributed by atoms with Crippen LogP contribution in [-0.4, -0.2) is 39.6 Å². The van der Waals surface area contributed by atoms with Crippen LogP contribution in [0.15, 0.2) is 0 Å². The standard InChI is InChI=1S/C15H32O3/c1-8-14(5,9-2)18-12-15(10-16-6,11-17-7)13(3)4/h13H,8-12H2,1-7H3. The molecule has 0 saturated carbocycles. The highest BCUT2D eigenvalue weighted by Gasteiger charge is 2.37. The maximum Gasteiger partial charge on any atom is 0.0649 e. The van der Waals surface area contributed by atoms with Gasteiger partial charge in [0.15, 0.2) is 0 Å². The predicted molar refractivity (Wildman–Crippen MR) is 76.0 cm³/mol. The van der Waals surface area contributed by atoms with E-state index < -0.39 is 0 Å². The van der Waals surface area contributed by atoms with Crippen molar-refractivity contribution in [3.63, 3.8) is 0 Å². The highest BCUT2D eigenvalue weighted by Crippen LogP contribution is 2.32. The molecule has 3 heteroatoms. The minimum Gasteiger partial charge on any atom is -0.384 e. The van der Waals surface area contributed by atoms with Gasteiger partial charge < -0.3 is 14.2 Å². The van der Waals surface area contributed by atoms with Crippen LogP contribution in [0.3, 0.4) is 0 Å². The van der Waals surface area contributed by atoms with Crippen molar-refractivity contribution in [2.45, 2.75) is 53.1 Å². The zero-order valence-electron chi connectivity index (χ0n) is 13.3. The van der Waals surface area contributed by atoms with E-state index in [9.17, 15) is 0 Å². The van der Waals surface area contributed by atoms with Gasteiger partial charge in [-0.25, -0.2) is 0 Å². The maximum atomic E-state index is 6.20. The molecule has 18 heavy (non-hydrogen) atoms. The summed E-state index contributed by atoms with van der Waals surface area (Å²) in [6.45, 7) is 13.0. The molecule has 0 amide bonds. The van der Waals surface area contributed by atoms with Gasteiger partial charge in [0.05, 0.1) is 25.4 Å². The van der Waals surface area contributed by atoms with E-state index in [4.69, 9.17) is 14.2 Å². The lowest BCUT2D eigenvalue weighted by molar-refractivity contribution is -0.128. The van der Waals surface area contributed by atoms with E-state index in [1.54, 1.807) is 14.2 Å². The maximum absolute atomic E-state index is 6.20. The predicted octanol–water partition coefficient (Wildman–Crippen LogP) is 3.52. The number of hydrogen-bond acceptors (Lipinski definition) is 3. The first-order valence-corrected chi connectivity index (χ1v) is 7.01. The van der Waals surface area contributed by atoms with Gasteiger partial charge >= 0.3 is 0 Å². The molecule has 0 aromatic carbocycles. The van der Waals surface area contributed by atoms with Crippen molar-refractivity contribution in [2.24, 2.45) is 11.3 Å². The summed E-state index contributed by atoms with van der Waals surface area (Å²) in [5.74, 6) is 0.454. The fraction of sp³-hybridized carbons (Fsp3) is 1.00. The Labute approximate surface area is 113 Å². The van der Waals surface area contributed by atoms with Crippen molar-refractivity contribution in [3.8, 4) is 0 Å². The molecule has 0 spiro atoms. The molecule has 110 valence electrons. The van der Waals surface area contributed by atoms with Gasteiger partial charge in [-0.05, 0) is 25.7 Å². The Morgan fingerprint density at radius 2 is 1.33 bits per heavy atom. The number of hydrogen-bond donors (Lipinski definition) is 0. The molecule has 0 rings (SSSR count). The number of ether oxygens (including phenoxy) is 3. The summed E-state index contributed by atoms with van der Waals surface area (Å²) < 4.78 is 17.0. The van der Waals surface area contributed by atoms with Crippen LogP contribution in [0.5, 0.6) is 0 Å². The summed E-state index contributed by atoms with van der Waals surface area (Å²) in [4.78, 5) is 0. The Morgan fingerprint density at radius 3 is 1.61 bits per heavy atom. The minimum atomic E-state index is -0.0604. The van der Waals surface area contributed by atoms with Crippen LogP contribution >= 0.6 is 0 Å². The molecule has 0 aliphatic heterocycles. The molecule has 0 saturated heterocycles. The zero-order chi connectivity index (χ0) is 14.2. The normalized spacial score (nSPS) is 13.3. The minimum absolute atomic E-state index is 0.0401. The third-order valence-corrected chi connectivity index (χ3v) is 4.29. The van der Waals surface area contributed by atoms with Crippen LogP contribution in [0, 0.1) is 11.3 Å². The smallest absolute Gasteiger partial charge is 0.0649 e. The van der Waals surface area contributed by atoms with E-state index in [0.717, 1.165) is 12.8 Å². The van der Waals surface area contributed by atoms with Gasteiger partial charge in [0.2, 0.25) is 0 Å². The van der Waals surface area contributed by atoms with Crippen LogP contribution in [0.2, 0.25) is 0 Å². The lowest BCUT2D eigenvalue weighted by atomic mass is 9.79. The lowest BCUT2D eigenvalue weighted by Gasteiger charge is -2.39. The van der Waals surface area contributed by atoms with Crippen molar-refractivity contribution in [3.05, 3.63) is 0 Å². The summed E-state index contributed by atoms with van der Waals surface area (Å²) in [7, 11) is 3.48. The first-order chi connectivity index (χ1) is 8.39. The summed E-state index contributed by atoms with van der Waals surface area (Å²) in [5.41, 5.74) is -0.100. The third kappa shape index (κ3) is 4.87. The summed E-state index contributed by atoms with van der Waals surface area (Å²) in [6.07, 6.45) is 2.05. The molecular weight excluding hydrogens is 228 g/mol. The van der Waals surface area contributed by atoms with Crippen LogP contribution in [0.25, 0.3) is 0 Å². The largest absolute Gasteiger partial charge is 0.384 e. The molecule has 0 aliphatic rings. The summed E-state index contributed by atoms with van der Waals surface area (Å²) >= 11 is 0. The Balaban J connectivity index is 4.76. The molecule has 0 fully saturated rings. The van der Waals surface area contributed by atoms with E-state index in [0.29, 0.717) is 25.7 Å². The van der Waals surface area contributed by atoms with Crippen molar-refractivity contribution in [1.29, 1.82) is 0 Å². The molecule has 0 bridgehead atoms. The number of rotatable bonds is 10. The van der Waals surface area contributed by atoms with Gasteiger partial charge in [-0.1, -0.05) is 27.7 Å². The molecule has 0 heterocycles. The van der Waals surface area contributed by atoms with Crippen molar-refractivity contribution in [2.75, 3.05) is 34.0 Å². The molecular formula is C15H32O3. The van der Waals surface area contributed by atoms with Gasteiger partial charge in [-0.15, -0.1) is 0 Å². The highest BCUT2D eigenvalue weighted by atomic mass is 16.5. The lowest BCUT2D eigenvalue weighted by Crippen LogP contribution is -2.44. The second-order valence-corrected chi connectivity index (χ2v) is 5.83. The first-order valence-electron chi connectivity index (χ1n) is 7.01. The Bertz CT molecular complexity index is 204. The average Bonchev–Trinajstić information content (AvgIpc) is 2.36. The fourth-order valence-electron chi connectivity index (χ4n) is 1.97. The topological polar surface area (TPSA) is 27.7 Å². The Kier molecular flexibility index (Phi) is 8.08. The fourth-order valence-corrected chi connectivity index (χ4v) is 1.97. The van der Waals surface area contributed by atoms with Crippen molar-refractivity contribution in [1.82, 2.24) is 0 Å². The van der Waals surface area contributed by atoms with E-state index in [-0.39, 0.29) is 11.0 Å². The molecule has 0 aromatic heterocycles. The van der Waals surface area contributed by atoms with Crippen LogP contribution in [0.1, 0.15) is 47.5 Å². The molecule has 0 aromatic rings. The molecule has 0 atom stereocenters. The quantitative estimate of drug-likeness (QED) is 0.601. The van der Waals surface area contributed by atoms with Gasteiger partial charge in [-0.3, -0.25) is 0 Å². The van der Waals surface area contributed by atoms with E-state index in [1.165, 1.54) is 0 Å². The average molecular weight is 260 g/mol. The molecule has 0 radical (unpaired) electrons. The third-order valence-electron chi connectivity index (χ3n) is 4.29. The highest BCUT2D eigenvalue weighted by molar-refractivity contribution is 4.84. The molecule has 0 aliphatic carbocycles. The second-order valence-electron chi connectivity index (χ2n) is 5.83. The molecule has 3 nitrogen and oxygen atoms in total. The van der Waals surface area contributed by atoms with Gasteiger partial charge in [-0.2, -0.15) is 0 Å². The first kappa shape index (κ1) is 17.9. The zero-order valence-corrected chi connectivity index (χ0v) is 13.3. The van der Waals surface area contributed by atoms with Gasteiger partial charge in [0.1, 0.15) is 0 Å². The van der Waals surface area contributed by atoms with Crippen molar-refractivity contribution >= 4 is 0 Å². The van der Waals surface area contributed by atoms with Crippen LogP contribution in [0.4, 0.5) is 0 Å². The van der Waals surface area contributed by atoms with Gasteiger partial charge in [0.25, 0.3) is 0 Å². The van der Waals surface area contributed by atoms with Gasteiger partial charge in [0, 0.05) is 19.6 Å². The van der Waals surface area contributed by atoms with E-state index in [2.05, 4.69) is 34.6 Å². The SMILES string of the molecule is CCC(C)(CC)OCC(COC)(COC)C(C)C. The second kappa shape index (κ2) is 8.13. The Hall–Kier alpha value is -0.120. The monoisotopic (exact) mass is 260 g/mol. The summed E-state index contributed by atoms with van der Waals surface area (Å²) in [5, 5.41) is 0. The van der Waals surface area contributed by atoms with Crippen LogP contribution < -0.4 is 0 Å². The van der Waals surface area contributed by atoms with E-state index >= 15 is 0 Å². The molecule has 0 unspecified atom stereocenters. The molecule has 0 N–H and O–H groups in total. The number of methoxy groups -OCH3 is 2. The van der Waals surface area contributed by atoms with Crippen LogP contribution in [-0.2, 0) is 14.2 Å².